The lowest BCUT2D eigenvalue weighted by Gasteiger charge is -2.11. The maximum atomic E-state index is 11.4. The summed E-state index contributed by atoms with van der Waals surface area (Å²) in [7, 11) is 0. The molecular weight excluding hydrogens is 284 g/mol. The number of anilines is 2. The van der Waals surface area contributed by atoms with E-state index in [4.69, 9.17) is 21.1 Å². The molecule has 0 bridgehead atoms. The predicted octanol–water partition coefficient (Wildman–Crippen LogP) is 3.43. The minimum Gasteiger partial charge on any atom is -0.448 e. The van der Waals surface area contributed by atoms with Gasteiger partial charge in [-0.1, -0.05) is 6.07 Å². The van der Waals surface area contributed by atoms with E-state index in [1.54, 1.807) is 38.1 Å². The van der Waals surface area contributed by atoms with Crippen molar-refractivity contribution in [3.63, 3.8) is 0 Å². The van der Waals surface area contributed by atoms with Gasteiger partial charge in [0.25, 0.3) is 0 Å². The average molecular weight is 301 g/mol. The summed E-state index contributed by atoms with van der Waals surface area (Å²) in [6, 6.07) is 6.61. The van der Waals surface area contributed by atoms with Crippen LogP contribution in [0.4, 0.5) is 21.0 Å². The molecule has 0 unspecified atom stereocenters. The fourth-order valence-corrected chi connectivity index (χ4v) is 1.40. The molecule has 0 saturated carbocycles. The molecular formula is C13H17ClN2O4. The summed E-state index contributed by atoms with van der Waals surface area (Å²) in [6.07, 6.45) is -1.36. The summed E-state index contributed by atoms with van der Waals surface area (Å²) in [5.74, 6) is 0.232. The van der Waals surface area contributed by atoms with Crippen molar-refractivity contribution in [1.82, 2.24) is 0 Å². The molecule has 0 aliphatic carbocycles. The number of amides is 2. The highest BCUT2D eigenvalue weighted by molar-refractivity contribution is 6.18. The monoisotopic (exact) mass is 300 g/mol. The predicted molar refractivity (Wildman–Crippen MR) is 77.4 cm³/mol. The van der Waals surface area contributed by atoms with E-state index in [9.17, 15) is 9.59 Å². The number of halogens is 1. The highest BCUT2D eigenvalue weighted by atomic mass is 35.5. The lowest BCUT2D eigenvalue weighted by atomic mass is 10.3. The van der Waals surface area contributed by atoms with Crippen LogP contribution in [0.15, 0.2) is 24.3 Å². The maximum Gasteiger partial charge on any atom is 0.411 e. The van der Waals surface area contributed by atoms with Gasteiger partial charge in [0, 0.05) is 11.4 Å². The Labute approximate surface area is 122 Å². The zero-order valence-electron chi connectivity index (χ0n) is 11.3. The van der Waals surface area contributed by atoms with Gasteiger partial charge in [-0.3, -0.25) is 10.6 Å². The first-order valence-corrected chi connectivity index (χ1v) is 6.62. The van der Waals surface area contributed by atoms with E-state index in [2.05, 4.69) is 10.6 Å². The van der Waals surface area contributed by atoms with Gasteiger partial charge in [-0.25, -0.2) is 9.59 Å². The van der Waals surface area contributed by atoms with E-state index in [-0.39, 0.29) is 18.6 Å². The highest BCUT2D eigenvalue weighted by Gasteiger charge is 2.07. The van der Waals surface area contributed by atoms with Crippen molar-refractivity contribution in [3.05, 3.63) is 24.3 Å². The molecule has 6 nitrogen and oxygen atoms in total. The van der Waals surface area contributed by atoms with Crippen LogP contribution in [0.25, 0.3) is 0 Å². The smallest absolute Gasteiger partial charge is 0.411 e. The summed E-state index contributed by atoms with van der Waals surface area (Å²) < 4.78 is 9.73. The minimum atomic E-state index is -0.604. The lowest BCUT2D eigenvalue weighted by Crippen LogP contribution is -2.18. The lowest BCUT2D eigenvalue weighted by molar-refractivity contribution is 0.130. The molecule has 0 atom stereocenters. The fraction of sp³-hybridized carbons (Fsp3) is 0.385. The van der Waals surface area contributed by atoms with Crippen molar-refractivity contribution >= 4 is 35.2 Å². The van der Waals surface area contributed by atoms with E-state index in [0.29, 0.717) is 11.4 Å². The van der Waals surface area contributed by atoms with Gasteiger partial charge in [-0.05, 0) is 32.0 Å². The molecule has 0 spiro atoms. The third-order valence-corrected chi connectivity index (χ3v) is 2.16. The van der Waals surface area contributed by atoms with Crippen molar-refractivity contribution < 1.29 is 19.1 Å². The molecule has 0 saturated heterocycles. The van der Waals surface area contributed by atoms with Crippen LogP contribution in [-0.2, 0) is 9.47 Å². The number of carbonyl (C=O) groups is 2. The van der Waals surface area contributed by atoms with E-state index in [0.717, 1.165) is 0 Å². The molecule has 1 aromatic carbocycles. The Morgan fingerprint density at radius 1 is 1.20 bits per heavy atom. The molecule has 2 amide bonds. The minimum absolute atomic E-state index is 0.131. The van der Waals surface area contributed by atoms with Crippen molar-refractivity contribution in [2.75, 3.05) is 23.1 Å². The average Bonchev–Trinajstić information content (AvgIpc) is 2.35. The number of hydrogen-bond acceptors (Lipinski definition) is 4. The van der Waals surface area contributed by atoms with Crippen LogP contribution in [0, 0.1) is 0 Å². The Morgan fingerprint density at radius 2 is 1.80 bits per heavy atom. The molecule has 1 aromatic rings. The maximum absolute atomic E-state index is 11.4. The van der Waals surface area contributed by atoms with E-state index >= 15 is 0 Å². The molecule has 0 fully saturated rings. The molecule has 0 aliphatic heterocycles. The Hall–Kier alpha value is -1.95. The van der Waals surface area contributed by atoms with Crippen LogP contribution < -0.4 is 10.6 Å². The molecule has 7 heteroatoms. The Kier molecular flexibility index (Phi) is 6.66. The molecule has 20 heavy (non-hydrogen) atoms. The van der Waals surface area contributed by atoms with Crippen molar-refractivity contribution in [2.24, 2.45) is 0 Å². The van der Waals surface area contributed by atoms with Gasteiger partial charge >= 0.3 is 12.2 Å². The van der Waals surface area contributed by atoms with Gasteiger partial charge in [0.15, 0.2) is 0 Å². The van der Waals surface area contributed by atoms with Crippen LogP contribution in [0.2, 0.25) is 0 Å². The highest BCUT2D eigenvalue weighted by Crippen LogP contribution is 2.15. The third kappa shape index (κ3) is 6.29. The normalized spacial score (nSPS) is 10.0. The van der Waals surface area contributed by atoms with Gasteiger partial charge in [0.05, 0.1) is 12.0 Å². The van der Waals surface area contributed by atoms with Crippen LogP contribution in [-0.4, -0.2) is 30.8 Å². The van der Waals surface area contributed by atoms with Gasteiger partial charge in [-0.2, -0.15) is 0 Å². The molecule has 0 heterocycles. The third-order valence-electron chi connectivity index (χ3n) is 2.01. The first kappa shape index (κ1) is 16.1. The van der Waals surface area contributed by atoms with E-state index < -0.39 is 12.2 Å². The summed E-state index contributed by atoms with van der Waals surface area (Å²) >= 11 is 5.41. The van der Waals surface area contributed by atoms with Gasteiger partial charge in [0.2, 0.25) is 0 Å². The Balaban J connectivity index is 2.57. The first-order chi connectivity index (χ1) is 9.51. The Bertz CT molecular complexity index is 465. The number of rotatable bonds is 5. The zero-order chi connectivity index (χ0) is 15.0. The number of ether oxygens (including phenoxy) is 2. The van der Waals surface area contributed by atoms with Crippen molar-refractivity contribution in [2.45, 2.75) is 20.0 Å². The number of nitrogens with one attached hydrogen (secondary N) is 2. The van der Waals surface area contributed by atoms with Crippen LogP contribution in [0.3, 0.4) is 0 Å². The fourth-order valence-electron chi connectivity index (χ4n) is 1.32. The van der Waals surface area contributed by atoms with Crippen molar-refractivity contribution in [3.8, 4) is 0 Å². The quantitative estimate of drug-likeness (QED) is 0.817. The summed E-state index contributed by atoms with van der Waals surface area (Å²) in [5, 5.41) is 5.07. The standard InChI is InChI=1S/C13H17ClN2O4/c1-9(2)20-13(18)16-11-5-3-4-10(8-11)15-12(17)19-7-6-14/h3-5,8-9H,6-7H2,1-2H3,(H,15,17)(H,16,18). The van der Waals surface area contributed by atoms with Crippen molar-refractivity contribution in [1.29, 1.82) is 0 Å². The molecule has 0 aromatic heterocycles. The van der Waals surface area contributed by atoms with Crippen LogP contribution in [0.1, 0.15) is 13.8 Å². The Morgan fingerprint density at radius 3 is 2.35 bits per heavy atom. The van der Waals surface area contributed by atoms with E-state index in [1.165, 1.54) is 0 Å². The number of alkyl halides is 1. The number of hydrogen-bond donors (Lipinski definition) is 2. The van der Waals surface area contributed by atoms with Crippen LogP contribution in [0.5, 0.6) is 0 Å². The van der Waals surface area contributed by atoms with Gasteiger partial charge in [0.1, 0.15) is 6.61 Å². The second-order valence-electron chi connectivity index (χ2n) is 4.11. The summed E-state index contributed by atoms with van der Waals surface area (Å²) in [5.41, 5.74) is 0.998. The van der Waals surface area contributed by atoms with Crippen LogP contribution >= 0.6 is 11.6 Å². The largest absolute Gasteiger partial charge is 0.448 e. The number of carbonyl (C=O) groups excluding carboxylic acids is 2. The SMILES string of the molecule is CC(C)OC(=O)Nc1cccc(NC(=O)OCCCl)c1. The second kappa shape index (κ2) is 8.27. The summed E-state index contributed by atoms with van der Waals surface area (Å²) in [4.78, 5) is 22.8. The molecule has 0 aliphatic rings. The molecule has 1 rings (SSSR count). The zero-order valence-corrected chi connectivity index (χ0v) is 12.1. The molecule has 2 N–H and O–H groups in total. The first-order valence-electron chi connectivity index (χ1n) is 6.08. The topological polar surface area (TPSA) is 76.7 Å². The van der Waals surface area contributed by atoms with Gasteiger partial charge < -0.3 is 9.47 Å². The number of benzene rings is 1. The molecule has 110 valence electrons. The summed E-state index contributed by atoms with van der Waals surface area (Å²) in [6.45, 7) is 3.64. The van der Waals surface area contributed by atoms with Gasteiger partial charge in [-0.15, -0.1) is 11.6 Å². The van der Waals surface area contributed by atoms with E-state index in [1.807, 2.05) is 0 Å². The second-order valence-corrected chi connectivity index (χ2v) is 4.49. The molecule has 0 radical (unpaired) electrons.